The number of aliphatic imine (C=N–C) groups is 1. The van der Waals surface area contributed by atoms with Crippen molar-refractivity contribution in [3.8, 4) is 0 Å². The highest BCUT2D eigenvalue weighted by molar-refractivity contribution is 8.04. The molecule has 1 unspecified atom stereocenters. The topological polar surface area (TPSA) is 119 Å². The molecule has 9 nitrogen and oxygen atoms in total. The zero-order valence-electron chi connectivity index (χ0n) is 16.8. The average Bonchev–Trinajstić information content (AvgIpc) is 3.23. The Kier molecular flexibility index (Phi) is 5.69. The molecule has 0 saturated carbocycles. The van der Waals surface area contributed by atoms with Crippen LogP contribution in [0.15, 0.2) is 26.0 Å². The van der Waals surface area contributed by atoms with E-state index in [9.17, 15) is 19.8 Å². The molecule has 0 aliphatic carbocycles. The van der Waals surface area contributed by atoms with E-state index in [1.165, 1.54) is 28.0 Å². The summed E-state index contributed by atoms with van der Waals surface area (Å²) in [7, 11) is 2.00. The Morgan fingerprint density at radius 3 is 2.80 bits per heavy atom. The summed E-state index contributed by atoms with van der Waals surface area (Å²) in [6.07, 6.45) is 3.99. The Hall–Kier alpha value is -2.24. The maximum Gasteiger partial charge on any atom is 0.353 e. The van der Waals surface area contributed by atoms with Crippen molar-refractivity contribution < 1.29 is 19.8 Å². The monoisotopic (exact) mass is 449 g/mol. The van der Waals surface area contributed by atoms with Crippen molar-refractivity contribution in [1.29, 1.82) is 0 Å². The Labute approximate surface area is 182 Å². The minimum Gasteiger partial charge on any atom is -0.477 e. The van der Waals surface area contributed by atoms with Crippen molar-refractivity contribution in [2.45, 2.75) is 36.8 Å². The lowest BCUT2D eigenvalue weighted by Gasteiger charge is -2.46. The van der Waals surface area contributed by atoms with Gasteiger partial charge in [0.1, 0.15) is 16.5 Å². The van der Waals surface area contributed by atoms with Gasteiger partial charge in [0.05, 0.1) is 18.1 Å². The second-order valence-corrected chi connectivity index (χ2v) is 9.93. The molecular formula is C19H23N5O4S2. The van der Waals surface area contributed by atoms with Crippen LogP contribution in [0.5, 0.6) is 0 Å². The summed E-state index contributed by atoms with van der Waals surface area (Å²) in [5.74, 6) is -1.36. The van der Waals surface area contributed by atoms with Gasteiger partial charge in [-0.25, -0.2) is 4.79 Å². The molecule has 4 atom stereocenters. The lowest BCUT2D eigenvalue weighted by molar-refractivity contribution is -0.163. The number of fused-ring (bicyclic) bond motifs is 1. The molecule has 2 N–H and O–H groups in total. The van der Waals surface area contributed by atoms with E-state index in [1.54, 1.807) is 6.92 Å². The van der Waals surface area contributed by atoms with Crippen LogP contribution in [0, 0.1) is 11.8 Å². The van der Waals surface area contributed by atoms with Crippen molar-refractivity contribution in [2.24, 2.45) is 16.8 Å². The molecule has 1 amide bonds. The number of nitrogens with zero attached hydrogens (tertiary/aromatic N) is 5. The third kappa shape index (κ3) is 3.54. The molecular weight excluding hydrogens is 426 g/mol. The third-order valence-corrected chi connectivity index (χ3v) is 7.85. The predicted molar refractivity (Wildman–Crippen MR) is 114 cm³/mol. The first-order chi connectivity index (χ1) is 14.3. The Bertz CT molecular complexity index is 970. The average molecular weight is 450 g/mol. The standard InChI is InChI=1S/C19H23N5O4S2/c1-9-14-13(10(2)25)17(26)24(14)15(18(27)28)16(9)30-19-22-21-12(29-19)6-5-11-20-7-4-8-23(11)3/h5-6,9-10,13-14,25H,4,7-8H2,1-3H3,(H,27,28)/b6-5+/t9-,10-,13-,14?/m1/s1. The van der Waals surface area contributed by atoms with Gasteiger partial charge in [-0.2, -0.15) is 0 Å². The fourth-order valence-electron chi connectivity index (χ4n) is 4.14. The molecule has 0 spiro atoms. The fraction of sp³-hybridized carbons (Fsp3) is 0.526. The summed E-state index contributed by atoms with van der Waals surface area (Å²) < 4.78 is 0.609. The Balaban J connectivity index is 1.54. The number of carbonyl (C=O) groups excluding carboxylic acids is 1. The number of hydrogen-bond donors (Lipinski definition) is 2. The first-order valence-electron chi connectivity index (χ1n) is 9.73. The number of thioether (sulfide) groups is 1. The van der Waals surface area contributed by atoms with Crippen molar-refractivity contribution in [3.05, 3.63) is 21.7 Å². The van der Waals surface area contributed by atoms with E-state index >= 15 is 0 Å². The number of amidine groups is 1. The number of aliphatic carboxylic acids is 1. The second kappa shape index (κ2) is 8.12. The zero-order chi connectivity index (χ0) is 21.6. The van der Waals surface area contributed by atoms with Gasteiger partial charge in [0.25, 0.3) is 0 Å². The van der Waals surface area contributed by atoms with Gasteiger partial charge in [0.15, 0.2) is 4.34 Å². The second-order valence-electron chi connectivity index (χ2n) is 7.63. The van der Waals surface area contributed by atoms with Gasteiger partial charge in [-0.15, -0.1) is 10.2 Å². The van der Waals surface area contributed by atoms with E-state index in [0.29, 0.717) is 14.3 Å². The largest absolute Gasteiger partial charge is 0.477 e. The molecule has 1 saturated heterocycles. The molecule has 3 aliphatic rings. The molecule has 11 heteroatoms. The van der Waals surface area contributed by atoms with Gasteiger partial charge in [-0.1, -0.05) is 30.0 Å². The van der Waals surface area contributed by atoms with E-state index in [4.69, 9.17) is 0 Å². The van der Waals surface area contributed by atoms with Gasteiger partial charge in [-0.3, -0.25) is 9.79 Å². The minimum atomic E-state index is -1.15. The van der Waals surface area contributed by atoms with Crippen molar-refractivity contribution >= 4 is 46.9 Å². The molecule has 0 radical (unpaired) electrons. The zero-order valence-corrected chi connectivity index (χ0v) is 18.5. The molecule has 1 aromatic heterocycles. The number of carboxylic acids is 1. The summed E-state index contributed by atoms with van der Waals surface area (Å²) in [6.45, 7) is 5.23. The molecule has 4 rings (SSSR count). The maximum absolute atomic E-state index is 12.4. The van der Waals surface area contributed by atoms with Crippen LogP contribution in [0.4, 0.5) is 0 Å². The first-order valence-corrected chi connectivity index (χ1v) is 11.4. The summed E-state index contributed by atoms with van der Waals surface area (Å²) in [6, 6.07) is -0.335. The fourth-order valence-corrected chi connectivity index (χ4v) is 6.19. The normalized spacial score (nSPS) is 27.4. The molecule has 160 valence electrons. The van der Waals surface area contributed by atoms with E-state index < -0.39 is 18.0 Å². The van der Waals surface area contributed by atoms with Crippen LogP contribution < -0.4 is 0 Å². The van der Waals surface area contributed by atoms with Gasteiger partial charge >= 0.3 is 5.97 Å². The Morgan fingerprint density at radius 1 is 1.37 bits per heavy atom. The minimum absolute atomic E-state index is 0.00937. The summed E-state index contributed by atoms with van der Waals surface area (Å²) >= 11 is 2.59. The van der Waals surface area contributed by atoms with Crippen molar-refractivity contribution in [2.75, 3.05) is 20.1 Å². The lowest BCUT2D eigenvalue weighted by Crippen LogP contribution is -2.63. The number of β-lactam (4-membered cyclic amide) rings is 1. The number of carboxylic acid groups (broad SMARTS) is 1. The summed E-state index contributed by atoms with van der Waals surface area (Å²) in [5, 5.41) is 28.7. The number of aliphatic hydroxyl groups is 1. The predicted octanol–water partition coefficient (Wildman–Crippen LogP) is 1.53. The van der Waals surface area contributed by atoms with E-state index in [-0.39, 0.29) is 23.6 Å². The Morgan fingerprint density at radius 2 is 2.13 bits per heavy atom. The SMILES string of the molecule is C[C@H]1C(Sc2nnc(/C=C/C3=NCCCN3C)s2)=C(C(=O)O)N2C(=O)[C@H]([C@@H](C)O)C12. The van der Waals surface area contributed by atoms with E-state index in [1.807, 2.05) is 26.1 Å². The van der Waals surface area contributed by atoms with Crippen LogP contribution >= 0.6 is 23.1 Å². The highest BCUT2D eigenvalue weighted by Crippen LogP contribution is 2.52. The van der Waals surface area contributed by atoms with Crippen LogP contribution in [0.3, 0.4) is 0 Å². The van der Waals surface area contributed by atoms with Gasteiger partial charge in [0.2, 0.25) is 5.91 Å². The molecule has 1 aromatic rings. The first kappa shape index (κ1) is 21.0. The number of aromatic nitrogens is 2. The van der Waals surface area contributed by atoms with Crippen LogP contribution in [-0.4, -0.2) is 80.2 Å². The highest BCUT2D eigenvalue weighted by Gasteiger charge is 2.60. The lowest BCUT2D eigenvalue weighted by atomic mass is 9.79. The molecule has 0 bridgehead atoms. The number of amides is 1. The van der Waals surface area contributed by atoms with Gasteiger partial charge in [-0.05, 0) is 25.5 Å². The van der Waals surface area contributed by atoms with Gasteiger partial charge < -0.3 is 20.0 Å². The number of rotatable bonds is 6. The third-order valence-electron chi connectivity index (χ3n) is 5.62. The quantitative estimate of drug-likeness (QED) is 0.628. The van der Waals surface area contributed by atoms with E-state index in [0.717, 1.165) is 25.3 Å². The highest BCUT2D eigenvalue weighted by atomic mass is 32.2. The van der Waals surface area contributed by atoms with E-state index in [2.05, 4.69) is 20.1 Å². The van der Waals surface area contributed by atoms with Crippen LogP contribution in [0.25, 0.3) is 6.08 Å². The molecule has 3 aliphatic heterocycles. The number of likely N-dealkylation sites (N-methyl/N-ethyl adjacent to an activating group) is 1. The van der Waals surface area contributed by atoms with Crippen LogP contribution in [0.1, 0.15) is 25.3 Å². The maximum atomic E-state index is 12.4. The molecule has 4 heterocycles. The summed E-state index contributed by atoms with van der Waals surface area (Å²) in [4.78, 5) is 32.8. The van der Waals surface area contributed by atoms with Crippen molar-refractivity contribution in [3.63, 3.8) is 0 Å². The molecule has 30 heavy (non-hydrogen) atoms. The smallest absolute Gasteiger partial charge is 0.353 e. The molecule has 0 aromatic carbocycles. The van der Waals surface area contributed by atoms with Crippen molar-refractivity contribution in [1.82, 2.24) is 20.0 Å². The van der Waals surface area contributed by atoms with Gasteiger partial charge in [0, 0.05) is 31.0 Å². The number of aliphatic hydroxyl groups excluding tert-OH is 1. The number of hydrogen-bond acceptors (Lipinski definition) is 9. The summed E-state index contributed by atoms with van der Waals surface area (Å²) in [5.41, 5.74) is -0.00937. The van der Waals surface area contributed by atoms with Crippen LogP contribution in [-0.2, 0) is 9.59 Å². The van der Waals surface area contributed by atoms with Crippen LogP contribution in [0.2, 0.25) is 0 Å². The number of carbonyl (C=O) groups is 2. The molecule has 1 fully saturated rings.